The summed E-state index contributed by atoms with van der Waals surface area (Å²) in [6, 6.07) is 0. The molecule has 0 fully saturated rings. The van der Waals surface area contributed by atoms with E-state index in [1.54, 1.807) is 0 Å². The van der Waals surface area contributed by atoms with E-state index in [1.807, 2.05) is 0 Å². The first-order valence-electron chi connectivity index (χ1n) is 0. The monoisotopic (exact) mass is 202 g/mol. The fourth-order valence-corrected chi connectivity index (χ4v) is 0. The SMILES string of the molecule is Cl.Cl.[KH].[SrH2]. The Balaban J connectivity index is 0. The maximum absolute atomic E-state index is 0. The Bertz CT molecular complexity index is 6.00. The molecule has 0 bridgehead atoms. The third-order valence-corrected chi connectivity index (χ3v) is 0. The molecule has 0 aromatic rings. The Morgan fingerprint density at radius 1 is 0.750 bits per heavy atom. The quantitative estimate of drug-likeness (QED) is 0.455. The molecule has 0 amide bonds. The van der Waals surface area contributed by atoms with Gasteiger partial charge in [0, 0.05) is 0 Å². The molecule has 0 saturated heterocycles. The van der Waals surface area contributed by atoms with Gasteiger partial charge in [0.25, 0.3) is 0 Å². The van der Waals surface area contributed by atoms with Gasteiger partial charge in [-0.15, -0.1) is 24.8 Å². The van der Waals surface area contributed by atoms with Gasteiger partial charge in [-0.2, -0.15) is 0 Å². The predicted octanol–water partition coefficient (Wildman–Crippen LogP) is -0.721. The van der Waals surface area contributed by atoms with E-state index in [2.05, 4.69) is 0 Å². The molecular formula is H5Cl2KSr. The summed E-state index contributed by atoms with van der Waals surface area (Å²) in [5.74, 6) is 0. The van der Waals surface area contributed by atoms with Gasteiger partial charge in [-0.05, 0) is 0 Å². The van der Waals surface area contributed by atoms with Crippen LogP contribution in [0.4, 0.5) is 0 Å². The Morgan fingerprint density at radius 2 is 0.750 bits per heavy atom. The van der Waals surface area contributed by atoms with Crippen molar-refractivity contribution < 1.29 is 0 Å². The van der Waals surface area contributed by atoms with Gasteiger partial charge in [-0.25, -0.2) is 0 Å². The van der Waals surface area contributed by atoms with E-state index in [9.17, 15) is 0 Å². The van der Waals surface area contributed by atoms with Crippen LogP contribution in [0.2, 0.25) is 0 Å². The molecule has 0 spiro atoms. The van der Waals surface area contributed by atoms with Crippen molar-refractivity contribution in [3.63, 3.8) is 0 Å². The van der Waals surface area contributed by atoms with Crippen molar-refractivity contribution in [1.82, 2.24) is 0 Å². The third-order valence-electron chi connectivity index (χ3n) is 0. The second-order valence-corrected chi connectivity index (χ2v) is 0. The van der Waals surface area contributed by atoms with Crippen LogP contribution in [-0.2, 0) is 0 Å². The molecule has 0 aromatic heterocycles. The summed E-state index contributed by atoms with van der Waals surface area (Å²) >= 11 is 0. The van der Waals surface area contributed by atoms with E-state index in [-0.39, 0.29) is 122 Å². The average Bonchev–Trinajstić information content (AvgIpc) is 0. The topological polar surface area (TPSA) is 0 Å². The van der Waals surface area contributed by atoms with Crippen LogP contribution in [0.5, 0.6) is 0 Å². The molecule has 0 rings (SSSR count). The van der Waals surface area contributed by atoms with Crippen molar-refractivity contribution >= 4 is 122 Å². The number of halogens is 2. The summed E-state index contributed by atoms with van der Waals surface area (Å²) in [6.45, 7) is 0. The van der Waals surface area contributed by atoms with E-state index in [4.69, 9.17) is 0 Å². The van der Waals surface area contributed by atoms with Gasteiger partial charge in [-0.1, -0.05) is 0 Å². The predicted molar refractivity (Wildman–Crippen MR) is 30.2 cm³/mol. The molecule has 0 aliphatic heterocycles. The van der Waals surface area contributed by atoms with E-state index in [1.165, 1.54) is 0 Å². The van der Waals surface area contributed by atoms with Crippen molar-refractivity contribution in [1.29, 1.82) is 0 Å². The van der Waals surface area contributed by atoms with Gasteiger partial charge < -0.3 is 0 Å². The molecule has 0 saturated carbocycles. The Kier molecular flexibility index (Phi) is 100. The van der Waals surface area contributed by atoms with Gasteiger partial charge in [0.2, 0.25) is 0 Å². The first-order chi connectivity index (χ1) is 0. The molecule has 0 nitrogen and oxygen atoms in total. The Morgan fingerprint density at radius 3 is 0.750 bits per heavy atom. The fraction of sp³-hybridized carbons (Fsp3) is 0. The molecule has 0 radical (unpaired) electrons. The van der Waals surface area contributed by atoms with Gasteiger partial charge >= 0.3 is 96.9 Å². The molecule has 22 valence electrons. The van der Waals surface area contributed by atoms with Gasteiger partial charge in [0.15, 0.2) is 0 Å². The van der Waals surface area contributed by atoms with Gasteiger partial charge in [0.05, 0.1) is 0 Å². The van der Waals surface area contributed by atoms with E-state index in [0.29, 0.717) is 0 Å². The molecule has 0 aliphatic carbocycles. The molecule has 0 heterocycles. The van der Waals surface area contributed by atoms with Crippen LogP contribution in [-0.4, -0.2) is 96.9 Å². The summed E-state index contributed by atoms with van der Waals surface area (Å²) < 4.78 is 0. The van der Waals surface area contributed by atoms with Crippen LogP contribution in [0.1, 0.15) is 0 Å². The standard InChI is InChI=1S/2ClH.K.Sr.3H/h2*1H;;;;;. The first-order valence-corrected chi connectivity index (χ1v) is 0. The zero-order chi connectivity index (χ0) is 0. The zero-order valence-electron chi connectivity index (χ0n) is 0.816. The Hall–Kier alpha value is 3.70. The molecular weight excluding hydrogens is 198 g/mol. The molecule has 4 heteroatoms. The van der Waals surface area contributed by atoms with Crippen molar-refractivity contribution in [2.24, 2.45) is 0 Å². The van der Waals surface area contributed by atoms with Crippen LogP contribution in [0.25, 0.3) is 0 Å². The minimum absolute atomic E-state index is 0. The van der Waals surface area contributed by atoms with Crippen LogP contribution >= 0.6 is 24.8 Å². The van der Waals surface area contributed by atoms with E-state index < -0.39 is 0 Å². The van der Waals surface area contributed by atoms with Gasteiger partial charge in [-0.3, -0.25) is 0 Å². The molecule has 0 unspecified atom stereocenters. The second-order valence-electron chi connectivity index (χ2n) is 0. The summed E-state index contributed by atoms with van der Waals surface area (Å²) in [4.78, 5) is 0. The summed E-state index contributed by atoms with van der Waals surface area (Å²) in [5.41, 5.74) is 0. The molecule has 4 heavy (non-hydrogen) atoms. The second kappa shape index (κ2) is 15.9. The summed E-state index contributed by atoms with van der Waals surface area (Å²) in [6.07, 6.45) is 0. The first kappa shape index (κ1) is 25.3. The third kappa shape index (κ3) is 9.20. The molecule has 0 aliphatic rings. The fourth-order valence-electron chi connectivity index (χ4n) is 0. The number of hydrogen-bond donors (Lipinski definition) is 0. The molecule has 0 atom stereocenters. The van der Waals surface area contributed by atoms with Crippen molar-refractivity contribution in [2.75, 3.05) is 0 Å². The van der Waals surface area contributed by atoms with Crippen LogP contribution in [0, 0.1) is 0 Å². The van der Waals surface area contributed by atoms with E-state index >= 15 is 0 Å². The average molecular weight is 203 g/mol. The summed E-state index contributed by atoms with van der Waals surface area (Å²) in [7, 11) is 0. The van der Waals surface area contributed by atoms with Crippen molar-refractivity contribution in [3.8, 4) is 0 Å². The Labute approximate surface area is 118 Å². The molecule has 0 aromatic carbocycles. The van der Waals surface area contributed by atoms with Crippen LogP contribution in [0.15, 0.2) is 0 Å². The normalized spacial score (nSPS) is 0. The van der Waals surface area contributed by atoms with Crippen molar-refractivity contribution in [2.45, 2.75) is 0 Å². The van der Waals surface area contributed by atoms with Crippen molar-refractivity contribution in [3.05, 3.63) is 0 Å². The summed E-state index contributed by atoms with van der Waals surface area (Å²) in [5, 5.41) is 0. The van der Waals surface area contributed by atoms with E-state index in [0.717, 1.165) is 0 Å². The minimum atomic E-state index is 0. The maximum atomic E-state index is 0. The zero-order valence-corrected chi connectivity index (χ0v) is 2.45. The van der Waals surface area contributed by atoms with Crippen LogP contribution in [0.3, 0.4) is 0 Å². The number of rotatable bonds is 0. The van der Waals surface area contributed by atoms with Crippen LogP contribution < -0.4 is 0 Å². The van der Waals surface area contributed by atoms with Gasteiger partial charge in [0.1, 0.15) is 0 Å². The number of hydrogen-bond acceptors (Lipinski definition) is 0. The molecule has 0 N–H and O–H groups in total.